The van der Waals surface area contributed by atoms with Crippen LogP contribution >= 0.6 is 0 Å². The zero-order valence-electron chi connectivity index (χ0n) is 15.8. The van der Waals surface area contributed by atoms with Crippen molar-refractivity contribution in [2.45, 2.75) is 32.2 Å². The van der Waals surface area contributed by atoms with Gasteiger partial charge in [-0.25, -0.2) is 4.98 Å². The van der Waals surface area contributed by atoms with E-state index in [1.165, 1.54) is 0 Å². The van der Waals surface area contributed by atoms with Gasteiger partial charge in [0.25, 0.3) is 0 Å². The summed E-state index contributed by atoms with van der Waals surface area (Å²) in [7, 11) is 3.35. The maximum absolute atomic E-state index is 12.7. The molecule has 1 aliphatic rings. The van der Waals surface area contributed by atoms with Crippen LogP contribution in [0.1, 0.15) is 29.4 Å². The zero-order valence-corrected chi connectivity index (χ0v) is 15.8. The number of aryl methyl sites for hydroxylation is 1. The summed E-state index contributed by atoms with van der Waals surface area (Å²) in [4.78, 5) is 19.2. The molecule has 2 heterocycles. The van der Waals surface area contributed by atoms with Gasteiger partial charge in [-0.2, -0.15) is 0 Å². The number of hydrogen-bond donors (Lipinski definition) is 0. The molecular formula is C20H27N3O3. The zero-order chi connectivity index (χ0) is 18.5. The number of aromatic nitrogens is 2. The van der Waals surface area contributed by atoms with Crippen LogP contribution in [0, 0.1) is 6.92 Å². The third-order valence-electron chi connectivity index (χ3n) is 5.00. The monoisotopic (exact) mass is 357 g/mol. The van der Waals surface area contributed by atoms with Crippen LogP contribution < -0.4 is 4.74 Å². The molecule has 1 aliphatic heterocycles. The molecule has 1 aromatic heterocycles. The number of nitrogens with zero attached hydrogens (tertiary/aromatic N) is 3. The Bertz CT molecular complexity index is 757. The van der Waals surface area contributed by atoms with Crippen LogP contribution in [0.25, 0.3) is 0 Å². The highest BCUT2D eigenvalue weighted by Crippen LogP contribution is 2.27. The Hall–Kier alpha value is -2.34. The van der Waals surface area contributed by atoms with Crippen LogP contribution in [0.5, 0.6) is 5.75 Å². The Morgan fingerprint density at radius 2 is 2.19 bits per heavy atom. The van der Waals surface area contributed by atoms with Crippen molar-refractivity contribution in [1.29, 1.82) is 0 Å². The van der Waals surface area contributed by atoms with E-state index in [1.54, 1.807) is 14.2 Å². The first-order valence-corrected chi connectivity index (χ1v) is 9.04. The summed E-state index contributed by atoms with van der Waals surface area (Å²) in [6.07, 6.45) is 3.26. The largest absolute Gasteiger partial charge is 0.497 e. The fraction of sp³-hybridized carbons (Fsp3) is 0.500. The van der Waals surface area contributed by atoms with Gasteiger partial charge in [-0.3, -0.25) is 4.79 Å². The van der Waals surface area contributed by atoms with E-state index in [9.17, 15) is 4.79 Å². The second-order valence-corrected chi connectivity index (χ2v) is 6.76. The fourth-order valence-electron chi connectivity index (χ4n) is 3.55. The Kier molecular flexibility index (Phi) is 5.93. The number of methoxy groups -OCH3 is 2. The average molecular weight is 357 g/mol. The number of likely N-dealkylation sites (tertiary alicyclic amines) is 1. The molecule has 0 aliphatic carbocycles. The van der Waals surface area contributed by atoms with Crippen LogP contribution in [0.15, 0.2) is 30.5 Å². The van der Waals surface area contributed by atoms with Gasteiger partial charge in [0.15, 0.2) is 0 Å². The van der Waals surface area contributed by atoms with Crippen molar-refractivity contribution in [2.24, 2.45) is 0 Å². The topological polar surface area (TPSA) is 56.6 Å². The third kappa shape index (κ3) is 4.07. The van der Waals surface area contributed by atoms with Crippen molar-refractivity contribution >= 4 is 5.91 Å². The summed E-state index contributed by atoms with van der Waals surface area (Å²) in [6.45, 7) is 5.03. The van der Waals surface area contributed by atoms with Gasteiger partial charge in [-0.15, -0.1) is 0 Å². The molecule has 0 radical (unpaired) electrons. The molecule has 1 unspecified atom stereocenters. The molecule has 140 valence electrons. The maximum Gasteiger partial charge on any atom is 0.227 e. The molecule has 0 spiro atoms. The molecule has 26 heavy (non-hydrogen) atoms. The molecular weight excluding hydrogens is 330 g/mol. The van der Waals surface area contributed by atoms with Crippen LogP contribution in [-0.4, -0.2) is 54.3 Å². The number of hydrogen-bond acceptors (Lipinski definition) is 4. The lowest BCUT2D eigenvalue weighted by Crippen LogP contribution is -2.30. The van der Waals surface area contributed by atoms with Gasteiger partial charge in [0.1, 0.15) is 11.6 Å². The third-order valence-corrected chi connectivity index (χ3v) is 5.00. The summed E-state index contributed by atoms with van der Waals surface area (Å²) in [5.74, 6) is 2.30. The molecule has 0 N–H and O–H groups in total. The van der Waals surface area contributed by atoms with Crippen molar-refractivity contribution < 1.29 is 14.3 Å². The minimum atomic E-state index is 0.160. The molecule has 6 heteroatoms. The van der Waals surface area contributed by atoms with Gasteiger partial charge < -0.3 is 18.9 Å². The molecule has 1 fully saturated rings. The molecule has 1 atom stereocenters. The smallest absolute Gasteiger partial charge is 0.227 e. The van der Waals surface area contributed by atoms with E-state index >= 15 is 0 Å². The highest BCUT2D eigenvalue weighted by Gasteiger charge is 2.30. The average Bonchev–Trinajstić information content (AvgIpc) is 3.27. The molecule has 1 saturated heterocycles. The standard InChI is InChI=1S/C20H27N3O3/c1-15-13-21-20(23(15)9-10-25-2)17-7-8-22(14-17)19(24)12-16-5-4-6-18(11-16)26-3/h4-6,11,13,17H,7-10,12,14H2,1-3H3. The lowest BCUT2D eigenvalue weighted by atomic mass is 10.1. The van der Waals surface area contributed by atoms with Gasteiger partial charge in [-0.1, -0.05) is 12.1 Å². The predicted octanol–water partition coefficient (Wildman–Crippen LogP) is 2.41. The molecule has 0 bridgehead atoms. The first-order valence-electron chi connectivity index (χ1n) is 9.04. The highest BCUT2D eigenvalue weighted by molar-refractivity contribution is 5.79. The summed E-state index contributed by atoms with van der Waals surface area (Å²) >= 11 is 0. The molecule has 1 aromatic carbocycles. The summed E-state index contributed by atoms with van der Waals surface area (Å²) < 4.78 is 12.7. The number of carbonyl (C=O) groups is 1. The molecule has 6 nitrogen and oxygen atoms in total. The Labute approximate surface area is 154 Å². The van der Waals surface area contributed by atoms with Gasteiger partial charge in [0, 0.05) is 44.6 Å². The number of ether oxygens (including phenoxy) is 2. The van der Waals surface area contributed by atoms with E-state index in [-0.39, 0.29) is 11.8 Å². The van der Waals surface area contributed by atoms with Crippen LogP contribution in [-0.2, 0) is 22.5 Å². The van der Waals surface area contributed by atoms with E-state index < -0.39 is 0 Å². The lowest BCUT2D eigenvalue weighted by molar-refractivity contribution is -0.129. The SMILES string of the molecule is COCCn1c(C)cnc1C1CCN(C(=O)Cc2cccc(OC)c2)C1. The molecule has 0 saturated carbocycles. The number of rotatable bonds is 7. The normalized spacial score (nSPS) is 16.9. The lowest BCUT2D eigenvalue weighted by Gasteiger charge is -2.18. The minimum absolute atomic E-state index is 0.160. The molecule has 3 rings (SSSR count). The summed E-state index contributed by atoms with van der Waals surface area (Å²) in [5, 5.41) is 0. The molecule has 2 aromatic rings. The van der Waals surface area contributed by atoms with Gasteiger partial charge >= 0.3 is 0 Å². The van der Waals surface area contributed by atoms with Crippen LogP contribution in [0.4, 0.5) is 0 Å². The summed E-state index contributed by atoms with van der Waals surface area (Å²) in [6, 6.07) is 7.70. The number of benzene rings is 1. The second kappa shape index (κ2) is 8.36. The van der Waals surface area contributed by atoms with E-state index in [0.29, 0.717) is 13.0 Å². The van der Waals surface area contributed by atoms with Crippen LogP contribution in [0.2, 0.25) is 0 Å². The van der Waals surface area contributed by atoms with Crippen LogP contribution in [0.3, 0.4) is 0 Å². The van der Waals surface area contributed by atoms with Gasteiger partial charge in [0.2, 0.25) is 5.91 Å². The minimum Gasteiger partial charge on any atom is -0.497 e. The van der Waals surface area contributed by atoms with E-state index in [4.69, 9.17) is 9.47 Å². The summed E-state index contributed by atoms with van der Waals surface area (Å²) in [5.41, 5.74) is 2.12. The highest BCUT2D eigenvalue weighted by atomic mass is 16.5. The Morgan fingerprint density at radius 1 is 1.35 bits per heavy atom. The predicted molar refractivity (Wildman–Crippen MR) is 99.5 cm³/mol. The second-order valence-electron chi connectivity index (χ2n) is 6.76. The Morgan fingerprint density at radius 3 is 2.96 bits per heavy atom. The van der Waals surface area contributed by atoms with Crippen molar-refractivity contribution in [3.05, 3.63) is 47.5 Å². The van der Waals surface area contributed by atoms with Crippen molar-refractivity contribution in [3.63, 3.8) is 0 Å². The van der Waals surface area contributed by atoms with E-state index in [0.717, 1.165) is 48.9 Å². The first-order chi connectivity index (χ1) is 12.6. The van der Waals surface area contributed by atoms with E-state index in [1.807, 2.05) is 35.4 Å². The number of amides is 1. The number of carbonyl (C=O) groups excluding carboxylic acids is 1. The van der Waals surface area contributed by atoms with E-state index in [2.05, 4.69) is 16.5 Å². The van der Waals surface area contributed by atoms with Gasteiger partial charge in [-0.05, 0) is 31.0 Å². The van der Waals surface area contributed by atoms with Gasteiger partial charge in [0.05, 0.1) is 20.1 Å². The quantitative estimate of drug-likeness (QED) is 0.764. The molecule has 1 amide bonds. The van der Waals surface area contributed by atoms with Crippen molar-refractivity contribution in [3.8, 4) is 5.75 Å². The number of imidazole rings is 1. The van der Waals surface area contributed by atoms with Crippen molar-refractivity contribution in [1.82, 2.24) is 14.5 Å². The Balaban J connectivity index is 1.64. The maximum atomic E-state index is 12.7. The van der Waals surface area contributed by atoms with Crippen molar-refractivity contribution in [2.75, 3.05) is 33.9 Å². The first kappa shape index (κ1) is 18.5. The fourth-order valence-corrected chi connectivity index (χ4v) is 3.55.